The van der Waals surface area contributed by atoms with Gasteiger partial charge in [-0.15, -0.1) is 0 Å². The van der Waals surface area contributed by atoms with Crippen molar-refractivity contribution in [2.75, 3.05) is 0 Å². The molecule has 0 aliphatic carbocycles. The van der Waals surface area contributed by atoms with Crippen molar-refractivity contribution in [1.82, 2.24) is 5.32 Å². The summed E-state index contributed by atoms with van der Waals surface area (Å²) in [4.78, 5) is 23.2. The molecule has 0 aromatic heterocycles. The number of carboxylic acids is 1. The SMILES string of the molecule is O=C(NCc1ccccc1-c1cccc(C(=O)O)c1)OCc1ccccc1. The lowest BCUT2D eigenvalue weighted by Gasteiger charge is -2.12. The van der Waals surface area contributed by atoms with Gasteiger partial charge in [-0.25, -0.2) is 9.59 Å². The number of hydrogen-bond acceptors (Lipinski definition) is 3. The van der Waals surface area contributed by atoms with Crippen molar-refractivity contribution in [3.63, 3.8) is 0 Å². The zero-order valence-corrected chi connectivity index (χ0v) is 14.6. The van der Waals surface area contributed by atoms with Gasteiger partial charge in [0.25, 0.3) is 0 Å². The van der Waals surface area contributed by atoms with Gasteiger partial charge in [-0.1, -0.05) is 66.7 Å². The maximum atomic E-state index is 12.0. The number of nitrogens with one attached hydrogen (secondary N) is 1. The first-order chi connectivity index (χ1) is 13.1. The van der Waals surface area contributed by atoms with Crippen LogP contribution < -0.4 is 5.32 Å². The predicted molar refractivity (Wildman–Crippen MR) is 102 cm³/mol. The van der Waals surface area contributed by atoms with E-state index in [1.54, 1.807) is 18.2 Å². The number of alkyl carbamates (subject to hydrolysis) is 1. The van der Waals surface area contributed by atoms with Gasteiger partial charge < -0.3 is 15.2 Å². The van der Waals surface area contributed by atoms with Crippen molar-refractivity contribution >= 4 is 12.1 Å². The number of rotatable bonds is 6. The fraction of sp³-hybridized carbons (Fsp3) is 0.0909. The number of carbonyl (C=O) groups excluding carboxylic acids is 1. The van der Waals surface area contributed by atoms with Gasteiger partial charge in [0.2, 0.25) is 0 Å². The van der Waals surface area contributed by atoms with Crippen LogP contribution in [-0.2, 0) is 17.9 Å². The summed E-state index contributed by atoms with van der Waals surface area (Å²) in [5.41, 5.74) is 3.65. The minimum atomic E-state index is -0.975. The molecule has 1 amide bonds. The molecule has 5 nitrogen and oxygen atoms in total. The van der Waals surface area contributed by atoms with Crippen LogP contribution in [0.4, 0.5) is 4.79 Å². The normalized spacial score (nSPS) is 10.2. The Hall–Kier alpha value is -3.60. The smallest absolute Gasteiger partial charge is 0.407 e. The van der Waals surface area contributed by atoms with Crippen LogP contribution in [0.25, 0.3) is 11.1 Å². The lowest BCUT2D eigenvalue weighted by molar-refractivity contribution is 0.0697. The Kier molecular flexibility index (Phi) is 5.84. The third-order valence-corrected chi connectivity index (χ3v) is 4.07. The Bertz CT molecular complexity index is 938. The monoisotopic (exact) mass is 361 g/mol. The number of amides is 1. The Labute approximate surface area is 157 Å². The summed E-state index contributed by atoms with van der Waals surface area (Å²) < 4.78 is 5.22. The van der Waals surface area contributed by atoms with Crippen LogP contribution in [0.5, 0.6) is 0 Å². The molecule has 0 unspecified atom stereocenters. The molecule has 0 spiro atoms. The van der Waals surface area contributed by atoms with Crippen molar-refractivity contribution in [2.24, 2.45) is 0 Å². The van der Waals surface area contributed by atoms with Crippen LogP contribution in [0.1, 0.15) is 21.5 Å². The summed E-state index contributed by atoms with van der Waals surface area (Å²) in [6.07, 6.45) is -0.507. The summed E-state index contributed by atoms with van der Waals surface area (Å²) in [6.45, 7) is 0.482. The van der Waals surface area contributed by atoms with Crippen molar-refractivity contribution < 1.29 is 19.4 Å². The highest BCUT2D eigenvalue weighted by Gasteiger charge is 2.10. The molecule has 0 fully saturated rings. The largest absolute Gasteiger partial charge is 0.478 e. The number of hydrogen-bond donors (Lipinski definition) is 2. The van der Waals surface area contributed by atoms with Crippen molar-refractivity contribution in [1.29, 1.82) is 0 Å². The third-order valence-electron chi connectivity index (χ3n) is 4.07. The van der Waals surface area contributed by atoms with Gasteiger partial charge in [0, 0.05) is 6.54 Å². The molecule has 0 heterocycles. The fourth-order valence-corrected chi connectivity index (χ4v) is 2.72. The molecule has 0 radical (unpaired) electrons. The molecule has 5 heteroatoms. The number of carbonyl (C=O) groups is 2. The molecule has 3 aromatic carbocycles. The molecule has 3 aromatic rings. The quantitative estimate of drug-likeness (QED) is 0.679. The van der Waals surface area contributed by atoms with Gasteiger partial charge in [0.1, 0.15) is 6.61 Å². The maximum absolute atomic E-state index is 12.0. The van der Waals surface area contributed by atoms with Gasteiger partial charge >= 0.3 is 12.1 Å². The van der Waals surface area contributed by atoms with E-state index in [4.69, 9.17) is 4.74 Å². The highest BCUT2D eigenvalue weighted by Crippen LogP contribution is 2.24. The van der Waals surface area contributed by atoms with Crippen LogP contribution in [0.3, 0.4) is 0 Å². The topological polar surface area (TPSA) is 75.6 Å². The van der Waals surface area contributed by atoms with E-state index in [1.807, 2.05) is 60.7 Å². The first kappa shape index (κ1) is 18.2. The van der Waals surface area contributed by atoms with Crippen molar-refractivity contribution in [3.05, 3.63) is 95.6 Å². The second-order valence-electron chi connectivity index (χ2n) is 5.96. The van der Waals surface area contributed by atoms with Crippen LogP contribution >= 0.6 is 0 Å². The van der Waals surface area contributed by atoms with Gasteiger partial charge in [-0.3, -0.25) is 0 Å². The van der Waals surface area contributed by atoms with E-state index in [1.165, 1.54) is 0 Å². The number of aromatic carboxylic acids is 1. The summed E-state index contributed by atoms with van der Waals surface area (Å²) in [7, 11) is 0. The van der Waals surface area contributed by atoms with Gasteiger partial charge in [0.15, 0.2) is 0 Å². The predicted octanol–water partition coefficient (Wildman–Crippen LogP) is 4.48. The molecule has 0 saturated carbocycles. The molecule has 136 valence electrons. The number of carboxylic acid groups (broad SMARTS) is 1. The van der Waals surface area contributed by atoms with E-state index >= 15 is 0 Å². The van der Waals surface area contributed by atoms with Crippen LogP contribution in [0.15, 0.2) is 78.9 Å². The lowest BCUT2D eigenvalue weighted by Crippen LogP contribution is -2.23. The maximum Gasteiger partial charge on any atom is 0.407 e. The van der Waals surface area contributed by atoms with E-state index < -0.39 is 12.1 Å². The summed E-state index contributed by atoms with van der Waals surface area (Å²) in [5.74, 6) is -0.975. The summed E-state index contributed by atoms with van der Waals surface area (Å²) in [5, 5.41) is 11.9. The Morgan fingerprint density at radius 3 is 2.41 bits per heavy atom. The molecule has 0 aliphatic heterocycles. The molecule has 3 rings (SSSR count). The molecule has 0 atom stereocenters. The van der Waals surface area contributed by atoms with E-state index in [9.17, 15) is 14.7 Å². The summed E-state index contributed by atoms with van der Waals surface area (Å²) >= 11 is 0. The zero-order valence-electron chi connectivity index (χ0n) is 14.6. The molecule has 0 saturated heterocycles. The molecule has 27 heavy (non-hydrogen) atoms. The lowest BCUT2D eigenvalue weighted by atomic mass is 9.98. The van der Waals surface area contributed by atoms with Crippen molar-refractivity contribution in [3.8, 4) is 11.1 Å². The Balaban J connectivity index is 1.67. The zero-order chi connectivity index (χ0) is 19.1. The second-order valence-corrected chi connectivity index (χ2v) is 5.96. The van der Waals surface area contributed by atoms with E-state index in [0.29, 0.717) is 0 Å². The number of ether oxygens (including phenoxy) is 1. The number of benzene rings is 3. The van der Waals surface area contributed by atoms with Gasteiger partial charge in [-0.2, -0.15) is 0 Å². The Morgan fingerprint density at radius 1 is 0.889 bits per heavy atom. The Morgan fingerprint density at radius 2 is 1.63 bits per heavy atom. The first-order valence-corrected chi connectivity index (χ1v) is 8.49. The van der Waals surface area contributed by atoms with Crippen molar-refractivity contribution in [2.45, 2.75) is 13.2 Å². The second kappa shape index (κ2) is 8.67. The summed E-state index contributed by atoms with van der Waals surface area (Å²) in [6, 6.07) is 23.7. The third kappa shape index (κ3) is 4.95. The highest BCUT2D eigenvalue weighted by atomic mass is 16.5. The van der Waals surface area contributed by atoms with Crippen LogP contribution in [-0.4, -0.2) is 17.2 Å². The van der Waals surface area contributed by atoms with E-state index in [0.717, 1.165) is 22.3 Å². The first-order valence-electron chi connectivity index (χ1n) is 8.49. The molecular weight excluding hydrogens is 342 g/mol. The average Bonchev–Trinajstić information content (AvgIpc) is 2.72. The highest BCUT2D eigenvalue weighted by molar-refractivity contribution is 5.89. The van der Waals surface area contributed by atoms with Crippen LogP contribution in [0, 0.1) is 0 Å². The minimum Gasteiger partial charge on any atom is -0.478 e. The van der Waals surface area contributed by atoms with Gasteiger partial charge in [0.05, 0.1) is 5.56 Å². The van der Waals surface area contributed by atoms with E-state index in [2.05, 4.69) is 5.32 Å². The minimum absolute atomic E-state index is 0.203. The standard InChI is InChI=1S/C22H19NO4/c24-21(25)18-11-6-10-17(13-18)20-12-5-4-9-19(20)14-23-22(26)27-15-16-7-2-1-3-8-16/h1-13H,14-15H2,(H,23,26)(H,24,25). The average molecular weight is 361 g/mol. The van der Waals surface area contributed by atoms with Crippen LogP contribution in [0.2, 0.25) is 0 Å². The molecular formula is C22H19NO4. The van der Waals surface area contributed by atoms with E-state index in [-0.39, 0.29) is 18.7 Å². The molecule has 0 aliphatic rings. The molecule has 2 N–H and O–H groups in total. The fourth-order valence-electron chi connectivity index (χ4n) is 2.72. The molecule has 0 bridgehead atoms. The van der Waals surface area contributed by atoms with Gasteiger partial charge in [-0.05, 0) is 34.4 Å².